The Bertz CT molecular complexity index is 992. The lowest BCUT2D eigenvalue weighted by Gasteiger charge is -2.13. The highest BCUT2D eigenvalue weighted by Gasteiger charge is 2.16. The van der Waals surface area contributed by atoms with E-state index >= 15 is 0 Å². The third-order valence-corrected chi connectivity index (χ3v) is 4.36. The maximum atomic E-state index is 11.8. The van der Waals surface area contributed by atoms with Gasteiger partial charge in [0.15, 0.2) is 0 Å². The van der Waals surface area contributed by atoms with Gasteiger partial charge in [-0.05, 0) is 56.2 Å². The van der Waals surface area contributed by atoms with E-state index in [1.54, 1.807) is 19.2 Å². The highest BCUT2D eigenvalue weighted by atomic mass is 35.5. The fraction of sp³-hybridized carbons (Fsp3) is 0.250. The number of rotatable bonds is 5. The van der Waals surface area contributed by atoms with E-state index in [0.717, 1.165) is 40.0 Å². The van der Waals surface area contributed by atoms with Crippen LogP contribution in [0.15, 0.2) is 36.5 Å². The Labute approximate surface area is 157 Å². The van der Waals surface area contributed by atoms with Crippen LogP contribution in [0.2, 0.25) is 5.15 Å². The molecule has 0 aromatic carbocycles. The first-order chi connectivity index (χ1) is 12.5. The van der Waals surface area contributed by atoms with Crippen molar-refractivity contribution < 1.29 is 9.53 Å². The number of pyridine rings is 1. The molecule has 0 N–H and O–H groups in total. The summed E-state index contributed by atoms with van der Waals surface area (Å²) in [7, 11) is 0. The molecule has 0 atom stereocenters. The lowest BCUT2D eigenvalue weighted by atomic mass is 9.99. The monoisotopic (exact) mass is 369 g/mol. The molecule has 0 bridgehead atoms. The van der Waals surface area contributed by atoms with Gasteiger partial charge in [-0.1, -0.05) is 18.5 Å². The van der Waals surface area contributed by atoms with Crippen LogP contribution in [-0.4, -0.2) is 27.2 Å². The van der Waals surface area contributed by atoms with Crippen molar-refractivity contribution in [1.29, 1.82) is 0 Å². The van der Waals surface area contributed by atoms with E-state index in [-0.39, 0.29) is 5.97 Å². The summed E-state index contributed by atoms with van der Waals surface area (Å²) in [5, 5.41) is 5.12. The second-order valence-corrected chi connectivity index (χ2v) is 6.19. The summed E-state index contributed by atoms with van der Waals surface area (Å²) in [5.74, 6) is -0.380. The van der Waals surface area contributed by atoms with Crippen LogP contribution in [0.3, 0.4) is 0 Å². The van der Waals surface area contributed by atoms with Crippen molar-refractivity contribution in [2.75, 3.05) is 6.61 Å². The van der Waals surface area contributed by atoms with Crippen molar-refractivity contribution in [3.05, 3.63) is 58.6 Å². The predicted octanol–water partition coefficient (Wildman–Crippen LogP) is 4.50. The van der Waals surface area contributed by atoms with E-state index in [9.17, 15) is 4.79 Å². The molecule has 0 radical (unpaired) electrons. The van der Waals surface area contributed by atoms with Gasteiger partial charge in [0.05, 0.1) is 17.8 Å². The predicted molar refractivity (Wildman–Crippen MR) is 103 cm³/mol. The number of hydrogen-bond acceptors (Lipinski definition) is 4. The van der Waals surface area contributed by atoms with Crippen molar-refractivity contribution in [2.45, 2.75) is 27.2 Å². The van der Waals surface area contributed by atoms with E-state index in [1.807, 2.05) is 29.6 Å². The number of fused-ring (bicyclic) bond motifs is 1. The minimum Gasteiger partial charge on any atom is -0.463 e. The van der Waals surface area contributed by atoms with E-state index in [0.29, 0.717) is 11.8 Å². The smallest absolute Gasteiger partial charge is 0.330 e. The first kappa shape index (κ1) is 18.1. The largest absolute Gasteiger partial charge is 0.463 e. The molecule has 3 heterocycles. The van der Waals surface area contributed by atoms with Crippen molar-refractivity contribution >= 4 is 29.2 Å². The number of aromatic nitrogens is 3. The highest BCUT2D eigenvalue weighted by Crippen LogP contribution is 2.33. The van der Waals surface area contributed by atoms with E-state index < -0.39 is 0 Å². The second kappa shape index (κ2) is 7.70. The molecule has 3 rings (SSSR count). The molecule has 0 aliphatic carbocycles. The zero-order valence-corrected chi connectivity index (χ0v) is 15.7. The molecule has 0 aliphatic heterocycles. The average molecular weight is 370 g/mol. The van der Waals surface area contributed by atoms with Crippen molar-refractivity contribution in [1.82, 2.24) is 14.6 Å². The number of hydrogen-bond donors (Lipinski definition) is 0. The van der Waals surface area contributed by atoms with Crippen LogP contribution in [0.25, 0.3) is 22.7 Å². The molecule has 0 fully saturated rings. The molecule has 5 nitrogen and oxygen atoms in total. The number of carbonyl (C=O) groups excluding carboxylic acids is 1. The summed E-state index contributed by atoms with van der Waals surface area (Å²) in [6, 6.07) is 7.82. The van der Waals surface area contributed by atoms with Crippen LogP contribution >= 0.6 is 11.6 Å². The summed E-state index contributed by atoms with van der Waals surface area (Å²) in [4.78, 5) is 15.8. The number of nitrogens with zero attached hydrogens (tertiary/aromatic N) is 3. The average Bonchev–Trinajstić information content (AvgIpc) is 3.02. The maximum absolute atomic E-state index is 11.8. The second-order valence-electron chi connectivity index (χ2n) is 5.80. The Morgan fingerprint density at radius 3 is 2.81 bits per heavy atom. The van der Waals surface area contributed by atoms with Crippen LogP contribution in [0.5, 0.6) is 0 Å². The molecule has 6 heteroatoms. The Morgan fingerprint density at radius 2 is 2.12 bits per heavy atom. The molecule has 0 saturated heterocycles. The Kier molecular flexibility index (Phi) is 5.38. The van der Waals surface area contributed by atoms with Gasteiger partial charge in [0, 0.05) is 29.1 Å². The molecule has 0 spiro atoms. The van der Waals surface area contributed by atoms with E-state index in [4.69, 9.17) is 21.4 Å². The fourth-order valence-electron chi connectivity index (χ4n) is 2.98. The van der Waals surface area contributed by atoms with Gasteiger partial charge in [-0.25, -0.2) is 14.3 Å². The van der Waals surface area contributed by atoms with Crippen molar-refractivity contribution in [3.63, 3.8) is 0 Å². The van der Waals surface area contributed by atoms with Gasteiger partial charge in [-0.15, -0.1) is 0 Å². The number of halogens is 1. The van der Waals surface area contributed by atoms with Gasteiger partial charge >= 0.3 is 5.97 Å². The van der Waals surface area contributed by atoms with Gasteiger partial charge in [-0.2, -0.15) is 5.10 Å². The molecule has 0 saturated carbocycles. The molecule has 3 aromatic rings. The molecule has 3 aromatic heterocycles. The van der Waals surface area contributed by atoms with Gasteiger partial charge in [0.1, 0.15) is 5.15 Å². The standard InChI is InChI=1S/C20H20ClN3O2/c1-4-15-6-8-17-20(14-10-11-22-18(21)12-14)16(13(3)23-24(15)17)7-9-19(25)26-5-2/h6-12H,4-5H2,1-3H3/b9-7+. The normalized spacial score (nSPS) is 11.4. The molecule has 0 amide bonds. The molecular weight excluding hydrogens is 350 g/mol. The van der Waals surface area contributed by atoms with Crippen LogP contribution < -0.4 is 0 Å². The van der Waals surface area contributed by atoms with Gasteiger partial charge in [-0.3, -0.25) is 0 Å². The number of ether oxygens (including phenoxy) is 1. The van der Waals surface area contributed by atoms with Crippen LogP contribution in [0, 0.1) is 6.92 Å². The maximum Gasteiger partial charge on any atom is 0.330 e. The van der Waals surface area contributed by atoms with Crippen LogP contribution in [0.4, 0.5) is 0 Å². The lowest BCUT2D eigenvalue weighted by Crippen LogP contribution is -2.04. The van der Waals surface area contributed by atoms with Gasteiger partial charge < -0.3 is 4.74 Å². The number of aryl methyl sites for hydroxylation is 2. The zero-order chi connectivity index (χ0) is 18.7. The topological polar surface area (TPSA) is 56.5 Å². The summed E-state index contributed by atoms with van der Waals surface area (Å²) in [6.45, 7) is 6.14. The third kappa shape index (κ3) is 3.48. The molecule has 134 valence electrons. The van der Waals surface area contributed by atoms with Crippen LogP contribution in [-0.2, 0) is 16.0 Å². The van der Waals surface area contributed by atoms with Crippen molar-refractivity contribution in [2.24, 2.45) is 0 Å². The summed E-state index contributed by atoms with van der Waals surface area (Å²) in [6.07, 6.45) is 5.73. The lowest BCUT2D eigenvalue weighted by molar-refractivity contribution is -0.137. The first-order valence-corrected chi connectivity index (χ1v) is 8.90. The third-order valence-electron chi connectivity index (χ3n) is 4.15. The number of carbonyl (C=O) groups is 1. The molecule has 0 aliphatic rings. The van der Waals surface area contributed by atoms with E-state index in [1.165, 1.54) is 6.08 Å². The summed E-state index contributed by atoms with van der Waals surface area (Å²) in [5.41, 5.74) is 5.62. The molecular formula is C20H20ClN3O2. The quantitative estimate of drug-likeness (QED) is 0.377. The molecule has 0 unspecified atom stereocenters. The Hall–Kier alpha value is -2.66. The number of esters is 1. The van der Waals surface area contributed by atoms with Crippen molar-refractivity contribution in [3.8, 4) is 11.1 Å². The minimum absolute atomic E-state index is 0.338. The van der Waals surface area contributed by atoms with E-state index in [2.05, 4.69) is 18.0 Å². The first-order valence-electron chi connectivity index (χ1n) is 8.53. The Balaban J connectivity index is 2.27. The fourth-order valence-corrected chi connectivity index (χ4v) is 3.15. The van der Waals surface area contributed by atoms with Gasteiger partial charge in [0.25, 0.3) is 0 Å². The van der Waals surface area contributed by atoms with Gasteiger partial charge in [0.2, 0.25) is 0 Å². The summed E-state index contributed by atoms with van der Waals surface area (Å²) >= 11 is 6.11. The zero-order valence-electron chi connectivity index (χ0n) is 15.0. The molecule has 26 heavy (non-hydrogen) atoms. The minimum atomic E-state index is -0.380. The Morgan fingerprint density at radius 1 is 1.31 bits per heavy atom. The highest BCUT2D eigenvalue weighted by molar-refractivity contribution is 6.29. The summed E-state index contributed by atoms with van der Waals surface area (Å²) < 4.78 is 6.94. The van der Waals surface area contributed by atoms with Crippen LogP contribution in [0.1, 0.15) is 30.8 Å². The SMILES string of the molecule is CCOC(=O)/C=C/c1c(C)nn2c(CC)ccc2c1-c1ccnc(Cl)c1.